The molecule has 0 spiro atoms. The maximum Gasteiger partial charge on any atom is 0.339 e. The van der Waals surface area contributed by atoms with Crippen molar-refractivity contribution in [1.82, 2.24) is 4.98 Å². The lowest BCUT2D eigenvalue weighted by Gasteiger charge is -2.20. The molecule has 1 aromatic rings. The van der Waals surface area contributed by atoms with Gasteiger partial charge >= 0.3 is 5.97 Å². The molecule has 92 valence electrons. The molecule has 0 aliphatic carbocycles. The summed E-state index contributed by atoms with van der Waals surface area (Å²) < 4.78 is -0.767. The van der Waals surface area contributed by atoms with Crippen molar-refractivity contribution in [2.45, 2.75) is 18.6 Å². The van der Waals surface area contributed by atoms with Crippen molar-refractivity contribution in [3.8, 4) is 0 Å². The third kappa shape index (κ3) is 3.37. The van der Waals surface area contributed by atoms with E-state index in [1.165, 1.54) is 18.3 Å². The number of carbonyl (C=O) groups is 2. The van der Waals surface area contributed by atoms with Gasteiger partial charge in [0.2, 0.25) is 5.91 Å². The largest absolute Gasteiger partial charge is 0.478 e. The third-order valence-corrected chi connectivity index (χ3v) is 4.06. The molecule has 0 saturated heterocycles. The van der Waals surface area contributed by atoms with Crippen LogP contribution in [0.15, 0.2) is 18.3 Å². The van der Waals surface area contributed by atoms with Crippen molar-refractivity contribution in [3.05, 3.63) is 23.9 Å². The molecule has 0 fully saturated rings. The van der Waals surface area contributed by atoms with Gasteiger partial charge in [-0.15, -0.1) is 11.7 Å². The van der Waals surface area contributed by atoms with Crippen molar-refractivity contribution in [1.29, 1.82) is 0 Å². The summed E-state index contributed by atoms with van der Waals surface area (Å²) >= 11 is 3.99. The summed E-state index contributed by atoms with van der Waals surface area (Å²) in [6, 6.07) is 2.88. The van der Waals surface area contributed by atoms with Crippen LogP contribution in [-0.4, -0.2) is 26.7 Å². The Morgan fingerprint density at radius 1 is 1.53 bits per heavy atom. The average Bonchev–Trinajstić information content (AvgIpc) is 2.29. The van der Waals surface area contributed by atoms with Crippen LogP contribution in [0.25, 0.3) is 0 Å². The number of carboxylic acid groups (broad SMARTS) is 1. The van der Waals surface area contributed by atoms with Gasteiger partial charge in [-0.1, -0.05) is 10.8 Å². The van der Waals surface area contributed by atoms with Gasteiger partial charge in [-0.2, -0.15) is 0 Å². The van der Waals surface area contributed by atoms with Crippen molar-refractivity contribution >= 4 is 40.1 Å². The minimum atomic E-state index is -1.13. The van der Waals surface area contributed by atoms with Gasteiger partial charge in [-0.3, -0.25) is 4.79 Å². The maximum atomic E-state index is 11.8. The van der Waals surface area contributed by atoms with Gasteiger partial charge in [-0.25, -0.2) is 9.78 Å². The number of nitrogens with one attached hydrogen (secondary N) is 1. The summed E-state index contributed by atoms with van der Waals surface area (Å²) in [4.78, 5) is 26.6. The number of carbonyl (C=O) groups excluding carboxylic acids is 1. The number of nitrogens with zero attached hydrogens (tertiary/aromatic N) is 1. The number of thiol groups is 1. The highest BCUT2D eigenvalue weighted by atomic mass is 33.1. The van der Waals surface area contributed by atoms with E-state index in [9.17, 15) is 9.59 Å². The molecule has 17 heavy (non-hydrogen) atoms. The molecule has 0 bridgehead atoms. The molecule has 1 rings (SSSR count). The second-order valence-corrected chi connectivity index (χ2v) is 5.51. The summed E-state index contributed by atoms with van der Waals surface area (Å²) in [5.74, 6) is -1.44. The normalized spacial score (nSPS) is 11.0. The Balaban J connectivity index is 2.97. The summed E-state index contributed by atoms with van der Waals surface area (Å²) in [5, 5.41) is 11.4. The molecule has 2 N–H and O–H groups in total. The minimum Gasteiger partial charge on any atom is -0.478 e. The van der Waals surface area contributed by atoms with Gasteiger partial charge in [0, 0.05) is 6.20 Å². The number of aromatic carboxylic acids is 1. The quantitative estimate of drug-likeness (QED) is 0.577. The Hall–Kier alpha value is -1.21. The SMILES string of the molecule is CC(C)(SS)C(=O)Nc1ncccc1C(=O)O. The molecule has 5 nitrogen and oxygen atoms in total. The third-order valence-electron chi connectivity index (χ3n) is 2.05. The Morgan fingerprint density at radius 3 is 2.71 bits per heavy atom. The Labute approximate surface area is 108 Å². The molecule has 1 aromatic heterocycles. The number of amides is 1. The molecule has 0 atom stereocenters. The highest BCUT2D eigenvalue weighted by Crippen LogP contribution is 2.29. The summed E-state index contributed by atoms with van der Waals surface area (Å²) in [6.07, 6.45) is 1.42. The molecular weight excluding hydrogens is 260 g/mol. The van der Waals surface area contributed by atoms with Gasteiger partial charge in [0.1, 0.15) is 11.4 Å². The number of hydrogen-bond donors (Lipinski definition) is 3. The van der Waals surface area contributed by atoms with Crippen LogP contribution in [0, 0.1) is 0 Å². The van der Waals surface area contributed by atoms with Crippen LogP contribution in [0.2, 0.25) is 0 Å². The summed E-state index contributed by atoms with van der Waals surface area (Å²) in [7, 11) is 1.08. The first-order valence-corrected chi connectivity index (χ1v) is 6.57. The van der Waals surface area contributed by atoms with E-state index < -0.39 is 10.7 Å². The van der Waals surface area contributed by atoms with E-state index in [-0.39, 0.29) is 17.3 Å². The second-order valence-electron chi connectivity index (χ2n) is 3.76. The molecule has 1 heterocycles. The van der Waals surface area contributed by atoms with E-state index in [1.54, 1.807) is 13.8 Å². The zero-order chi connectivity index (χ0) is 13.1. The first-order valence-electron chi connectivity index (χ1n) is 4.71. The van der Waals surface area contributed by atoms with E-state index in [2.05, 4.69) is 22.0 Å². The lowest BCUT2D eigenvalue weighted by molar-refractivity contribution is -0.117. The van der Waals surface area contributed by atoms with E-state index in [1.807, 2.05) is 0 Å². The number of hydrogen-bond acceptors (Lipinski definition) is 5. The van der Waals surface area contributed by atoms with Crippen molar-refractivity contribution < 1.29 is 14.7 Å². The summed E-state index contributed by atoms with van der Waals surface area (Å²) in [6.45, 7) is 3.37. The Kier molecular flexibility index (Phi) is 4.41. The van der Waals surface area contributed by atoms with Crippen LogP contribution in [-0.2, 0) is 4.79 Å². The van der Waals surface area contributed by atoms with E-state index in [4.69, 9.17) is 5.11 Å². The smallest absolute Gasteiger partial charge is 0.339 e. The first kappa shape index (κ1) is 13.9. The Morgan fingerprint density at radius 2 is 2.18 bits per heavy atom. The number of carboxylic acids is 1. The second kappa shape index (κ2) is 5.42. The zero-order valence-corrected chi connectivity index (χ0v) is 11.0. The maximum absolute atomic E-state index is 11.8. The number of pyridine rings is 1. The number of anilines is 1. The van der Waals surface area contributed by atoms with E-state index in [0.717, 1.165) is 10.8 Å². The van der Waals surface area contributed by atoms with Crippen LogP contribution in [0.3, 0.4) is 0 Å². The predicted octanol–water partition coefficient (Wildman–Crippen LogP) is 2.07. The lowest BCUT2D eigenvalue weighted by atomic mass is 10.2. The number of rotatable bonds is 4. The van der Waals surface area contributed by atoms with Crippen LogP contribution in [0.1, 0.15) is 24.2 Å². The van der Waals surface area contributed by atoms with Gasteiger partial charge in [0.25, 0.3) is 0 Å². The Bertz CT molecular complexity index is 449. The van der Waals surface area contributed by atoms with Crippen molar-refractivity contribution in [3.63, 3.8) is 0 Å². The van der Waals surface area contributed by atoms with Gasteiger partial charge in [0.15, 0.2) is 0 Å². The highest BCUT2D eigenvalue weighted by Gasteiger charge is 2.28. The zero-order valence-electron chi connectivity index (χ0n) is 9.30. The molecule has 0 saturated carbocycles. The fraction of sp³-hybridized carbons (Fsp3) is 0.300. The standard InChI is InChI=1S/C10H12N2O3S2/c1-10(2,17-16)9(15)12-7-6(8(13)14)4-3-5-11-7/h3-5,16H,1-2H3,(H,13,14)(H,11,12,15). The molecule has 0 radical (unpaired) electrons. The molecule has 0 aromatic carbocycles. The number of aromatic nitrogens is 1. The highest BCUT2D eigenvalue weighted by molar-refractivity contribution is 8.69. The molecule has 0 aliphatic rings. The minimum absolute atomic E-state index is 0.0409. The molecular formula is C10H12N2O3S2. The van der Waals surface area contributed by atoms with Crippen molar-refractivity contribution in [2.75, 3.05) is 5.32 Å². The summed E-state index contributed by atoms with van der Waals surface area (Å²) in [5.41, 5.74) is -0.0409. The molecule has 1 amide bonds. The first-order chi connectivity index (χ1) is 7.88. The predicted molar refractivity (Wildman–Crippen MR) is 70.5 cm³/mol. The van der Waals surface area contributed by atoms with Crippen LogP contribution in [0.5, 0.6) is 0 Å². The lowest BCUT2D eigenvalue weighted by Crippen LogP contribution is -2.33. The van der Waals surface area contributed by atoms with Crippen LogP contribution < -0.4 is 5.32 Å². The van der Waals surface area contributed by atoms with Crippen LogP contribution >= 0.6 is 22.5 Å². The van der Waals surface area contributed by atoms with Gasteiger partial charge in [0.05, 0.1) is 4.75 Å². The van der Waals surface area contributed by atoms with Crippen molar-refractivity contribution in [2.24, 2.45) is 0 Å². The van der Waals surface area contributed by atoms with E-state index in [0.29, 0.717) is 0 Å². The van der Waals surface area contributed by atoms with Gasteiger partial charge < -0.3 is 10.4 Å². The molecule has 7 heteroatoms. The topological polar surface area (TPSA) is 79.3 Å². The fourth-order valence-corrected chi connectivity index (χ4v) is 1.36. The monoisotopic (exact) mass is 272 g/mol. The van der Waals surface area contributed by atoms with E-state index >= 15 is 0 Å². The van der Waals surface area contributed by atoms with Gasteiger partial charge in [-0.05, 0) is 26.0 Å². The molecule has 0 aliphatic heterocycles. The van der Waals surface area contributed by atoms with Crippen LogP contribution in [0.4, 0.5) is 5.82 Å². The molecule has 0 unspecified atom stereocenters. The average molecular weight is 272 g/mol. The fourth-order valence-electron chi connectivity index (χ4n) is 0.977.